The standard InChI is InChI=1S/C14H26N2O/c1-10-3-5-12(6-4-10)8-16-14(17)13-9-15-7-11(13)2/h10-13,15H,3-9H2,1-2H3,(H,16,17). The second-order valence-corrected chi connectivity index (χ2v) is 6.11. The van der Waals surface area contributed by atoms with E-state index in [4.69, 9.17) is 0 Å². The fraction of sp³-hybridized carbons (Fsp3) is 0.929. The third-order valence-corrected chi connectivity index (χ3v) is 4.55. The smallest absolute Gasteiger partial charge is 0.224 e. The minimum Gasteiger partial charge on any atom is -0.356 e. The molecule has 3 heteroatoms. The van der Waals surface area contributed by atoms with Crippen LogP contribution in [-0.4, -0.2) is 25.5 Å². The molecule has 98 valence electrons. The maximum atomic E-state index is 12.0. The van der Waals surface area contributed by atoms with Gasteiger partial charge in [-0.05, 0) is 37.1 Å². The summed E-state index contributed by atoms with van der Waals surface area (Å²) in [4.78, 5) is 12.0. The summed E-state index contributed by atoms with van der Waals surface area (Å²) in [6.07, 6.45) is 5.25. The van der Waals surface area contributed by atoms with E-state index < -0.39 is 0 Å². The second-order valence-electron chi connectivity index (χ2n) is 6.11. The molecule has 0 aromatic rings. The zero-order valence-corrected chi connectivity index (χ0v) is 11.2. The SMILES string of the molecule is CC1CCC(CNC(=O)C2CNCC2C)CC1. The number of amides is 1. The predicted octanol–water partition coefficient (Wildman–Crippen LogP) is 1.78. The van der Waals surface area contributed by atoms with Crippen LogP contribution < -0.4 is 10.6 Å². The van der Waals surface area contributed by atoms with E-state index in [2.05, 4.69) is 24.5 Å². The molecule has 2 atom stereocenters. The predicted molar refractivity (Wildman–Crippen MR) is 69.7 cm³/mol. The Labute approximate surface area is 105 Å². The lowest BCUT2D eigenvalue weighted by Gasteiger charge is -2.26. The van der Waals surface area contributed by atoms with Crippen LogP contribution in [-0.2, 0) is 4.79 Å². The van der Waals surface area contributed by atoms with E-state index in [-0.39, 0.29) is 11.8 Å². The van der Waals surface area contributed by atoms with Crippen LogP contribution in [0, 0.1) is 23.7 Å². The minimum atomic E-state index is 0.192. The Bertz CT molecular complexity index is 259. The number of hydrogen-bond donors (Lipinski definition) is 2. The molecule has 0 aromatic heterocycles. The van der Waals surface area contributed by atoms with Crippen molar-refractivity contribution in [2.24, 2.45) is 23.7 Å². The number of nitrogens with one attached hydrogen (secondary N) is 2. The number of carbonyl (C=O) groups excluding carboxylic acids is 1. The van der Waals surface area contributed by atoms with Crippen LogP contribution >= 0.6 is 0 Å². The highest BCUT2D eigenvalue weighted by molar-refractivity contribution is 5.79. The van der Waals surface area contributed by atoms with Crippen molar-refractivity contribution in [1.29, 1.82) is 0 Å². The van der Waals surface area contributed by atoms with Gasteiger partial charge in [0.05, 0.1) is 5.92 Å². The van der Waals surface area contributed by atoms with Gasteiger partial charge < -0.3 is 10.6 Å². The maximum Gasteiger partial charge on any atom is 0.224 e. The molecular formula is C14H26N2O. The highest BCUT2D eigenvalue weighted by Crippen LogP contribution is 2.27. The summed E-state index contributed by atoms with van der Waals surface area (Å²) >= 11 is 0. The lowest BCUT2D eigenvalue weighted by atomic mass is 9.83. The van der Waals surface area contributed by atoms with E-state index in [1.54, 1.807) is 0 Å². The average Bonchev–Trinajstić information content (AvgIpc) is 2.74. The van der Waals surface area contributed by atoms with E-state index in [0.29, 0.717) is 5.92 Å². The molecule has 2 N–H and O–H groups in total. The quantitative estimate of drug-likeness (QED) is 0.787. The summed E-state index contributed by atoms with van der Waals surface area (Å²) in [5.41, 5.74) is 0. The molecule has 1 aliphatic heterocycles. The molecule has 0 spiro atoms. The Morgan fingerprint density at radius 3 is 2.47 bits per heavy atom. The van der Waals surface area contributed by atoms with Gasteiger partial charge in [-0.15, -0.1) is 0 Å². The van der Waals surface area contributed by atoms with E-state index in [0.717, 1.165) is 31.5 Å². The minimum absolute atomic E-state index is 0.192. The normalized spacial score (nSPS) is 38.0. The number of carbonyl (C=O) groups is 1. The summed E-state index contributed by atoms with van der Waals surface area (Å²) in [5, 5.41) is 6.45. The summed E-state index contributed by atoms with van der Waals surface area (Å²) in [5.74, 6) is 2.56. The molecule has 1 aliphatic carbocycles. The number of rotatable bonds is 3. The fourth-order valence-corrected chi connectivity index (χ4v) is 3.07. The van der Waals surface area contributed by atoms with Gasteiger partial charge >= 0.3 is 0 Å². The molecule has 2 rings (SSSR count). The van der Waals surface area contributed by atoms with Gasteiger partial charge in [-0.25, -0.2) is 0 Å². The largest absolute Gasteiger partial charge is 0.356 e. The molecule has 1 amide bonds. The van der Waals surface area contributed by atoms with Crippen LogP contribution in [0.2, 0.25) is 0 Å². The van der Waals surface area contributed by atoms with E-state index in [1.807, 2.05) is 0 Å². The Hall–Kier alpha value is -0.570. The molecule has 0 bridgehead atoms. The third kappa shape index (κ3) is 3.44. The molecule has 3 nitrogen and oxygen atoms in total. The summed E-state index contributed by atoms with van der Waals surface area (Å²) in [6, 6.07) is 0. The van der Waals surface area contributed by atoms with Crippen LogP contribution in [0.25, 0.3) is 0 Å². The first-order valence-electron chi connectivity index (χ1n) is 7.15. The molecule has 2 aliphatic rings. The van der Waals surface area contributed by atoms with Crippen LogP contribution in [0.4, 0.5) is 0 Å². The summed E-state index contributed by atoms with van der Waals surface area (Å²) in [6.45, 7) is 7.23. The van der Waals surface area contributed by atoms with Crippen molar-refractivity contribution in [2.75, 3.05) is 19.6 Å². The number of hydrogen-bond acceptors (Lipinski definition) is 2. The molecule has 2 fully saturated rings. The van der Waals surface area contributed by atoms with Crippen LogP contribution in [0.5, 0.6) is 0 Å². The maximum absolute atomic E-state index is 12.0. The van der Waals surface area contributed by atoms with Gasteiger partial charge in [-0.3, -0.25) is 4.79 Å². The van der Waals surface area contributed by atoms with Gasteiger partial charge in [0.1, 0.15) is 0 Å². The molecule has 1 saturated heterocycles. The van der Waals surface area contributed by atoms with E-state index >= 15 is 0 Å². The van der Waals surface area contributed by atoms with Gasteiger partial charge in [-0.2, -0.15) is 0 Å². The Balaban J connectivity index is 1.69. The molecular weight excluding hydrogens is 212 g/mol. The Morgan fingerprint density at radius 1 is 1.18 bits per heavy atom. The topological polar surface area (TPSA) is 41.1 Å². The van der Waals surface area contributed by atoms with Crippen molar-refractivity contribution in [2.45, 2.75) is 39.5 Å². The van der Waals surface area contributed by atoms with Crippen molar-refractivity contribution in [3.05, 3.63) is 0 Å². The van der Waals surface area contributed by atoms with E-state index in [1.165, 1.54) is 25.7 Å². The first-order valence-corrected chi connectivity index (χ1v) is 7.15. The van der Waals surface area contributed by atoms with Crippen molar-refractivity contribution in [3.63, 3.8) is 0 Å². The van der Waals surface area contributed by atoms with Crippen molar-refractivity contribution >= 4 is 5.91 Å². The highest BCUT2D eigenvalue weighted by atomic mass is 16.1. The van der Waals surface area contributed by atoms with E-state index in [9.17, 15) is 4.79 Å². The van der Waals surface area contributed by atoms with Gasteiger partial charge in [0, 0.05) is 13.1 Å². The van der Waals surface area contributed by atoms with Crippen LogP contribution in [0.1, 0.15) is 39.5 Å². The summed E-state index contributed by atoms with van der Waals surface area (Å²) < 4.78 is 0. The Morgan fingerprint density at radius 2 is 1.88 bits per heavy atom. The molecule has 17 heavy (non-hydrogen) atoms. The highest BCUT2D eigenvalue weighted by Gasteiger charge is 2.29. The monoisotopic (exact) mass is 238 g/mol. The first-order chi connectivity index (χ1) is 8.16. The lowest BCUT2D eigenvalue weighted by molar-refractivity contribution is -0.125. The van der Waals surface area contributed by atoms with Crippen LogP contribution in [0.3, 0.4) is 0 Å². The second kappa shape index (κ2) is 5.85. The van der Waals surface area contributed by atoms with Crippen LogP contribution in [0.15, 0.2) is 0 Å². The molecule has 1 saturated carbocycles. The van der Waals surface area contributed by atoms with Gasteiger partial charge in [0.25, 0.3) is 0 Å². The molecule has 2 unspecified atom stereocenters. The molecule has 1 heterocycles. The average molecular weight is 238 g/mol. The van der Waals surface area contributed by atoms with Gasteiger partial charge in [-0.1, -0.05) is 26.7 Å². The third-order valence-electron chi connectivity index (χ3n) is 4.55. The van der Waals surface area contributed by atoms with Crippen molar-refractivity contribution < 1.29 is 4.79 Å². The molecule has 0 aromatic carbocycles. The first kappa shape index (κ1) is 12.9. The van der Waals surface area contributed by atoms with Gasteiger partial charge in [0.2, 0.25) is 5.91 Å². The zero-order chi connectivity index (χ0) is 12.3. The molecule has 0 radical (unpaired) electrons. The lowest BCUT2D eigenvalue weighted by Crippen LogP contribution is -2.37. The van der Waals surface area contributed by atoms with Gasteiger partial charge in [0.15, 0.2) is 0 Å². The zero-order valence-electron chi connectivity index (χ0n) is 11.2. The fourth-order valence-electron chi connectivity index (χ4n) is 3.07. The van der Waals surface area contributed by atoms with Crippen molar-refractivity contribution in [1.82, 2.24) is 10.6 Å². The van der Waals surface area contributed by atoms with Crippen molar-refractivity contribution in [3.8, 4) is 0 Å². The Kier molecular flexibility index (Phi) is 4.43. The summed E-state index contributed by atoms with van der Waals surface area (Å²) in [7, 11) is 0.